The normalized spacial score (nSPS) is 18.9. The number of ether oxygens (including phenoxy) is 3. The Morgan fingerprint density at radius 1 is 1.17 bits per heavy atom. The molecule has 3 rings (SSSR count). The third-order valence-electron chi connectivity index (χ3n) is 4.93. The van der Waals surface area contributed by atoms with Crippen molar-refractivity contribution >= 4 is 23.2 Å². The van der Waals surface area contributed by atoms with Crippen LogP contribution in [0.2, 0.25) is 5.02 Å². The Hall–Kier alpha value is -2.64. The quantitative estimate of drug-likeness (QED) is 0.747. The molecule has 0 unspecified atom stereocenters. The van der Waals surface area contributed by atoms with Crippen molar-refractivity contribution in [1.82, 2.24) is 4.90 Å². The first-order valence-corrected chi connectivity index (χ1v) is 9.68. The van der Waals surface area contributed by atoms with E-state index in [9.17, 15) is 9.90 Å². The molecule has 7 nitrogen and oxygen atoms in total. The zero-order chi connectivity index (χ0) is 21.0. The maximum absolute atomic E-state index is 12.9. The van der Waals surface area contributed by atoms with Crippen LogP contribution in [-0.4, -0.2) is 62.5 Å². The number of methoxy groups -OCH3 is 2. The van der Waals surface area contributed by atoms with E-state index in [2.05, 4.69) is 5.32 Å². The van der Waals surface area contributed by atoms with Gasteiger partial charge in [-0.15, -0.1) is 0 Å². The summed E-state index contributed by atoms with van der Waals surface area (Å²) in [6.07, 6.45) is -0.755. The van der Waals surface area contributed by atoms with Gasteiger partial charge in [-0.1, -0.05) is 11.6 Å². The van der Waals surface area contributed by atoms with Gasteiger partial charge in [0.1, 0.15) is 18.0 Å². The lowest BCUT2D eigenvalue weighted by Crippen LogP contribution is -2.51. The molecule has 0 aromatic heterocycles. The molecule has 2 atom stereocenters. The highest BCUT2D eigenvalue weighted by Crippen LogP contribution is 2.32. The van der Waals surface area contributed by atoms with Crippen LogP contribution in [0.5, 0.6) is 17.2 Å². The molecule has 0 radical (unpaired) electrons. The number of β-amino-alcohol motifs (C(OH)–C–C–N with tert-alkyl or cyclic N) is 1. The first-order chi connectivity index (χ1) is 14.0. The summed E-state index contributed by atoms with van der Waals surface area (Å²) in [7, 11) is 4.86. The first kappa shape index (κ1) is 21.1. The maximum atomic E-state index is 12.9. The van der Waals surface area contributed by atoms with Crippen LogP contribution >= 0.6 is 11.6 Å². The molecule has 2 N–H and O–H groups in total. The molecule has 1 fully saturated rings. The lowest BCUT2D eigenvalue weighted by Gasteiger charge is -2.36. The van der Waals surface area contributed by atoms with E-state index in [0.29, 0.717) is 46.5 Å². The van der Waals surface area contributed by atoms with Crippen LogP contribution in [-0.2, 0) is 0 Å². The smallest absolute Gasteiger partial charge is 0.256 e. The van der Waals surface area contributed by atoms with Gasteiger partial charge in [-0.3, -0.25) is 4.79 Å². The molecule has 29 heavy (non-hydrogen) atoms. The van der Waals surface area contributed by atoms with E-state index in [4.69, 9.17) is 25.8 Å². The Morgan fingerprint density at radius 2 is 1.93 bits per heavy atom. The number of aliphatic hydroxyl groups is 1. The van der Waals surface area contributed by atoms with Gasteiger partial charge in [-0.2, -0.15) is 0 Å². The molecule has 0 spiro atoms. The van der Waals surface area contributed by atoms with Crippen LogP contribution < -0.4 is 19.5 Å². The van der Waals surface area contributed by atoms with Crippen molar-refractivity contribution in [2.75, 3.05) is 39.7 Å². The minimum absolute atomic E-state index is 0.173. The Morgan fingerprint density at radius 3 is 2.59 bits per heavy atom. The highest BCUT2D eigenvalue weighted by atomic mass is 35.5. The van der Waals surface area contributed by atoms with Crippen LogP contribution in [0.25, 0.3) is 0 Å². The third kappa shape index (κ3) is 4.68. The fourth-order valence-corrected chi connectivity index (χ4v) is 3.55. The number of hydrogen-bond acceptors (Lipinski definition) is 6. The predicted octanol–water partition coefficient (Wildman–Crippen LogP) is 3.05. The number of carbonyl (C=O) groups is 1. The molecule has 1 heterocycles. The van der Waals surface area contributed by atoms with E-state index in [1.807, 2.05) is 0 Å². The van der Waals surface area contributed by atoms with Crippen molar-refractivity contribution in [2.45, 2.75) is 18.6 Å². The summed E-state index contributed by atoms with van der Waals surface area (Å²) in [5.41, 5.74) is 1.17. The second-order valence-electron chi connectivity index (χ2n) is 6.72. The second-order valence-corrected chi connectivity index (χ2v) is 7.16. The maximum Gasteiger partial charge on any atom is 0.256 e. The average molecular weight is 421 g/mol. The van der Waals surface area contributed by atoms with Gasteiger partial charge in [-0.05, 0) is 30.3 Å². The zero-order valence-corrected chi connectivity index (χ0v) is 17.4. The van der Waals surface area contributed by atoms with E-state index in [1.54, 1.807) is 62.6 Å². The number of hydrogen-bond donors (Lipinski definition) is 2. The van der Waals surface area contributed by atoms with Crippen molar-refractivity contribution in [3.05, 3.63) is 47.0 Å². The highest BCUT2D eigenvalue weighted by molar-refractivity contribution is 6.31. The summed E-state index contributed by atoms with van der Waals surface area (Å²) >= 11 is 6.06. The Balaban J connectivity index is 1.68. The zero-order valence-electron chi connectivity index (χ0n) is 16.6. The monoisotopic (exact) mass is 420 g/mol. The van der Waals surface area contributed by atoms with E-state index in [-0.39, 0.29) is 12.5 Å². The van der Waals surface area contributed by atoms with Crippen LogP contribution in [0, 0.1) is 0 Å². The van der Waals surface area contributed by atoms with Gasteiger partial charge in [-0.25, -0.2) is 0 Å². The van der Waals surface area contributed by atoms with Crippen molar-refractivity contribution in [1.29, 1.82) is 0 Å². The van der Waals surface area contributed by atoms with Gasteiger partial charge in [0, 0.05) is 36.8 Å². The molecule has 0 bridgehead atoms. The van der Waals surface area contributed by atoms with Gasteiger partial charge in [0.25, 0.3) is 5.91 Å². The Bertz CT molecular complexity index is 876. The molecule has 1 aliphatic rings. The fourth-order valence-electron chi connectivity index (χ4n) is 3.38. The summed E-state index contributed by atoms with van der Waals surface area (Å²) in [4.78, 5) is 14.6. The predicted molar refractivity (Wildman–Crippen MR) is 111 cm³/mol. The molecule has 1 amide bonds. The molecule has 2 aromatic carbocycles. The number of piperidine rings is 1. The van der Waals surface area contributed by atoms with Gasteiger partial charge >= 0.3 is 0 Å². The molecular formula is C21H25ClN2O5. The molecule has 156 valence electrons. The van der Waals surface area contributed by atoms with E-state index in [0.717, 1.165) is 0 Å². The lowest BCUT2D eigenvalue weighted by molar-refractivity contribution is -0.0199. The Kier molecular flexibility index (Phi) is 6.71. The number of nitrogens with one attached hydrogen (secondary N) is 1. The minimum atomic E-state index is -0.821. The van der Waals surface area contributed by atoms with E-state index in [1.165, 1.54) is 0 Å². The number of likely N-dealkylation sites (tertiary alicyclic amines) is 1. The number of aliphatic hydroxyl groups excluding tert-OH is 1. The summed E-state index contributed by atoms with van der Waals surface area (Å²) in [6, 6.07) is 10.3. The number of nitrogens with zero attached hydrogens (tertiary/aromatic N) is 1. The van der Waals surface area contributed by atoms with Crippen molar-refractivity contribution in [3.63, 3.8) is 0 Å². The number of carbonyl (C=O) groups excluding carboxylic acids is 1. The number of anilines is 1. The molecule has 0 saturated carbocycles. The molecular weight excluding hydrogens is 396 g/mol. The molecule has 2 aromatic rings. The summed E-state index contributed by atoms with van der Waals surface area (Å²) in [6.45, 7) is 0.635. The summed E-state index contributed by atoms with van der Waals surface area (Å²) in [5, 5.41) is 14.1. The van der Waals surface area contributed by atoms with Crippen LogP contribution in [0.3, 0.4) is 0 Å². The van der Waals surface area contributed by atoms with Crippen LogP contribution in [0.15, 0.2) is 36.4 Å². The van der Waals surface area contributed by atoms with Crippen molar-refractivity contribution in [3.8, 4) is 17.2 Å². The minimum Gasteiger partial charge on any atom is -0.493 e. The second kappa shape index (κ2) is 9.24. The van der Waals surface area contributed by atoms with Crippen LogP contribution in [0.1, 0.15) is 16.8 Å². The summed E-state index contributed by atoms with van der Waals surface area (Å²) < 4.78 is 16.5. The van der Waals surface area contributed by atoms with Crippen molar-refractivity contribution in [2.24, 2.45) is 0 Å². The number of halogens is 1. The number of amides is 1. The standard InChI is InChI=1S/C21H25ClN2O5/c1-23-16-6-4-13(22)10-15(16)21(26)24-9-8-18(17(25)12-24)29-14-5-7-19(27-2)20(11-14)28-3/h4-7,10-11,17-18,23,25H,8-9,12H2,1-3H3/t17-,18-/m1/s1. The van der Waals surface area contributed by atoms with E-state index < -0.39 is 12.2 Å². The third-order valence-corrected chi connectivity index (χ3v) is 5.17. The Labute approximate surface area is 175 Å². The molecule has 1 saturated heterocycles. The number of benzene rings is 2. The first-order valence-electron chi connectivity index (χ1n) is 9.30. The highest BCUT2D eigenvalue weighted by Gasteiger charge is 2.33. The summed E-state index contributed by atoms with van der Waals surface area (Å²) in [5.74, 6) is 1.54. The van der Waals surface area contributed by atoms with Gasteiger partial charge < -0.3 is 29.5 Å². The topological polar surface area (TPSA) is 80.3 Å². The lowest BCUT2D eigenvalue weighted by atomic mass is 10.0. The van der Waals surface area contributed by atoms with Gasteiger partial charge in [0.05, 0.1) is 26.3 Å². The molecule has 1 aliphatic heterocycles. The molecule has 8 heteroatoms. The van der Waals surface area contributed by atoms with Gasteiger partial charge in [0.2, 0.25) is 0 Å². The van der Waals surface area contributed by atoms with E-state index >= 15 is 0 Å². The number of rotatable bonds is 6. The van der Waals surface area contributed by atoms with Gasteiger partial charge in [0.15, 0.2) is 11.5 Å². The van der Waals surface area contributed by atoms with Crippen LogP contribution in [0.4, 0.5) is 5.69 Å². The largest absolute Gasteiger partial charge is 0.493 e. The van der Waals surface area contributed by atoms with Crippen molar-refractivity contribution < 1.29 is 24.1 Å². The molecule has 0 aliphatic carbocycles. The average Bonchev–Trinajstić information content (AvgIpc) is 2.74. The SMILES string of the molecule is CNc1ccc(Cl)cc1C(=O)N1CC[C@@H](Oc2ccc(OC)c(OC)c2)[C@H](O)C1. The fraction of sp³-hybridized carbons (Fsp3) is 0.381.